The van der Waals surface area contributed by atoms with Crippen LogP contribution in [0, 0.1) is 12.7 Å². The molecule has 0 bridgehead atoms. The van der Waals surface area contributed by atoms with Gasteiger partial charge in [0.05, 0.1) is 5.69 Å². The van der Waals surface area contributed by atoms with Crippen molar-refractivity contribution in [1.82, 2.24) is 20.0 Å². The lowest BCUT2D eigenvalue weighted by molar-refractivity contribution is -0.116. The maximum Gasteiger partial charge on any atom is 0.264 e. The van der Waals surface area contributed by atoms with Gasteiger partial charge in [-0.15, -0.1) is 0 Å². The van der Waals surface area contributed by atoms with E-state index in [9.17, 15) is 14.0 Å². The molecule has 1 atom stereocenters. The first-order chi connectivity index (χ1) is 12.4. The largest absolute Gasteiger partial charge is 0.310 e. The number of aromatic nitrogens is 4. The van der Waals surface area contributed by atoms with Gasteiger partial charge in [-0.25, -0.2) is 9.49 Å². The normalized spacial score (nSPS) is 16.3. The number of nitrogens with zero attached hydrogens (tertiary/aromatic N) is 3. The fourth-order valence-corrected chi connectivity index (χ4v) is 3.55. The molecule has 1 aliphatic rings. The zero-order valence-electron chi connectivity index (χ0n) is 13.6. The Kier molecular flexibility index (Phi) is 3.95. The van der Waals surface area contributed by atoms with E-state index < -0.39 is 5.92 Å². The number of H-pyrrole nitrogens is 1. The van der Waals surface area contributed by atoms with Crippen molar-refractivity contribution in [2.75, 3.05) is 5.32 Å². The monoisotopic (exact) mass is 417 g/mol. The average Bonchev–Trinajstić information content (AvgIpc) is 2.91. The number of rotatable bonds is 2. The van der Waals surface area contributed by atoms with Crippen molar-refractivity contribution in [2.45, 2.75) is 19.3 Å². The summed E-state index contributed by atoms with van der Waals surface area (Å²) in [5.41, 5.74) is 1.48. The lowest BCUT2D eigenvalue weighted by Crippen LogP contribution is -2.25. The summed E-state index contributed by atoms with van der Waals surface area (Å²) in [6.07, 6.45) is 0.122. The van der Waals surface area contributed by atoms with Crippen LogP contribution in [0.5, 0.6) is 0 Å². The first-order valence-electron chi connectivity index (χ1n) is 7.84. The molecule has 0 fully saturated rings. The van der Waals surface area contributed by atoms with Crippen molar-refractivity contribution in [1.29, 1.82) is 0 Å². The molecule has 3 aromatic rings. The molecule has 132 valence electrons. The van der Waals surface area contributed by atoms with E-state index in [2.05, 4.69) is 36.5 Å². The predicted molar refractivity (Wildman–Crippen MR) is 95.9 cm³/mol. The number of nitrogens with one attached hydrogen (secondary N) is 2. The Bertz CT molecular complexity index is 1070. The highest BCUT2D eigenvalue weighted by Gasteiger charge is 2.34. The van der Waals surface area contributed by atoms with Crippen LogP contribution >= 0.6 is 15.9 Å². The molecule has 0 saturated carbocycles. The SMILES string of the molecule is Cc1nn(-c2ccc(=O)[nH]n2)c2c1[C@H](c1ccc(Br)cc1F)CC(=O)N2. The molecule has 26 heavy (non-hydrogen) atoms. The van der Waals surface area contributed by atoms with E-state index in [0.717, 1.165) is 5.56 Å². The van der Waals surface area contributed by atoms with Crippen LogP contribution in [0.25, 0.3) is 5.82 Å². The first kappa shape index (κ1) is 16.6. The molecule has 0 unspecified atom stereocenters. The van der Waals surface area contributed by atoms with Gasteiger partial charge in [-0.3, -0.25) is 9.59 Å². The number of benzene rings is 1. The molecule has 2 aromatic heterocycles. The number of aryl methyl sites for hydroxylation is 1. The third-order valence-corrected chi connectivity index (χ3v) is 4.82. The summed E-state index contributed by atoms with van der Waals surface area (Å²) in [5.74, 6) is -0.296. The Morgan fingerprint density at radius 1 is 1.27 bits per heavy atom. The maximum atomic E-state index is 14.5. The predicted octanol–water partition coefficient (Wildman–Crippen LogP) is 2.64. The van der Waals surface area contributed by atoms with E-state index in [0.29, 0.717) is 27.4 Å². The van der Waals surface area contributed by atoms with Crippen LogP contribution in [0.2, 0.25) is 0 Å². The van der Waals surface area contributed by atoms with Crippen LogP contribution < -0.4 is 10.9 Å². The molecule has 3 heterocycles. The van der Waals surface area contributed by atoms with Crippen LogP contribution in [0.3, 0.4) is 0 Å². The Hall–Kier alpha value is -2.81. The molecule has 2 N–H and O–H groups in total. The van der Waals surface area contributed by atoms with Gasteiger partial charge >= 0.3 is 0 Å². The van der Waals surface area contributed by atoms with E-state index in [1.807, 2.05) is 0 Å². The Morgan fingerprint density at radius 2 is 2.08 bits per heavy atom. The second-order valence-corrected chi connectivity index (χ2v) is 6.93. The molecule has 9 heteroatoms. The van der Waals surface area contributed by atoms with Gasteiger partial charge in [0.1, 0.15) is 11.6 Å². The van der Waals surface area contributed by atoms with Crippen molar-refractivity contribution in [3.8, 4) is 5.82 Å². The average molecular weight is 418 g/mol. The molecule has 7 nitrogen and oxygen atoms in total. The lowest BCUT2D eigenvalue weighted by Gasteiger charge is -2.24. The number of fused-ring (bicyclic) bond motifs is 1. The van der Waals surface area contributed by atoms with Gasteiger partial charge in [-0.1, -0.05) is 22.0 Å². The van der Waals surface area contributed by atoms with E-state index in [1.54, 1.807) is 19.1 Å². The zero-order valence-corrected chi connectivity index (χ0v) is 15.2. The van der Waals surface area contributed by atoms with Crippen molar-refractivity contribution in [3.05, 3.63) is 67.8 Å². The molecular formula is C17H13BrFN5O2. The number of carbonyl (C=O) groups is 1. The Labute approximate surface area is 155 Å². The van der Waals surface area contributed by atoms with Crippen molar-refractivity contribution in [2.24, 2.45) is 0 Å². The molecule has 0 saturated heterocycles. The minimum absolute atomic E-state index is 0.122. The maximum absolute atomic E-state index is 14.5. The number of halogens is 2. The highest BCUT2D eigenvalue weighted by atomic mass is 79.9. The third-order valence-electron chi connectivity index (χ3n) is 4.32. The second-order valence-electron chi connectivity index (χ2n) is 6.01. The Balaban J connectivity index is 1.89. The van der Waals surface area contributed by atoms with E-state index in [1.165, 1.54) is 22.9 Å². The molecular weight excluding hydrogens is 405 g/mol. The van der Waals surface area contributed by atoms with Crippen LogP contribution in [-0.4, -0.2) is 25.9 Å². The molecule has 1 aromatic carbocycles. The van der Waals surface area contributed by atoms with Crippen molar-refractivity contribution in [3.63, 3.8) is 0 Å². The summed E-state index contributed by atoms with van der Waals surface area (Å²) in [4.78, 5) is 23.5. The molecule has 1 aliphatic heterocycles. The summed E-state index contributed by atoms with van der Waals surface area (Å²) >= 11 is 3.25. The summed E-state index contributed by atoms with van der Waals surface area (Å²) in [6.45, 7) is 1.79. The number of hydrogen-bond acceptors (Lipinski definition) is 4. The topological polar surface area (TPSA) is 92.7 Å². The number of amides is 1. The molecule has 0 radical (unpaired) electrons. The van der Waals surface area contributed by atoms with Gasteiger partial charge < -0.3 is 5.32 Å². The van der Waals surface area contributed by atoms with Gasteiger partial charge in [0.2, 0.25) is 5.91 Å². The number of carbonyl (C=O) groups excluding carboxylic acids is 1. The van der Waals surface area contributed by atoms with E-state index >= 15 is 0 Å². The van der Waals surface area contributed by atoms with E-state index in [-0.39, 0.29) is 23.7 Å². The fourth-order valence-electron chi connectivity index (χ4n) is 3.22. The molecule has 0 spiro atoms. The number of anilines is 1. The molecule has 0 aliphatic carbocycles. The first-order valence-corrected chi connectivity index (χ1v) is 8.64. The van der Waals surface area contributed by atoms with Gasteiger partial charge in [-0.2, -0.15) is 14.9 Å². The molecule has 1 amide bonds. The minimum Gasteiger partial charge on any atom is -0.310 e. The van der Waals surface area contributed by atoms with Gasteiger partial charge in [0.15, 0.2) is 5.82 Å². The van der Waals surface area contributed by atoms with Gasteiger partial charge in [0, 0.05) is 28.4 Å². The zero-order chi connectivity index (χ0) is 18.4. The lowest BCUT2D eigenvalue weighted by atomic mass is 9.85. The van der Waals surface area contributed by atoms with Crippen LogP contribution in [0.4, 0.5) is 10.2 Å². The smallest absolute Gasteiger partial charge is 0.264 e. The van der Waals surface area contributed by atoms with Gasteiger partial charge in [0.25, 0.3) is 5.56 Å². The van der Waals surface area contributed by atoms with Crippen molar-refractivity contribution < 1.29 is 9.18 Å². The quantitative estimate of drug-likeness (QED) is 0.670. The summed E-state index contributed by atoms with van der Waals surface area (Å²) < 4.78 is 16.6. The minimum atomic E-state index is -0.455. The van der Waals surface area contributed by atoms with Crippen LogP contribution in [-0.2, 0) is 4.79 Å². The number of aromatic amines is 1. The standard InChI is InChI=1S/C17H13BrFN5O2/c1-8-16-11(10-3-2-9(18)6-12(10)19)7-15(26)20-17(16)24(23-8)13-4-5-14(25)22-21-13/h2-6,11H,7H2,1H3,(H,20,26)(H,22,25)/t11-/m0/s1. The van der Waals surface area contributed by atoms with Crippen LogP contribution in [0.15, 0.2) is 39.6 Å². The van der Waals surface area contributed by atoms with Crippen molar-refractivity contribution >= 4 is 27.7 Å². The third kappa shape index (κ3) is 2.74. The summed E-state index contributed by atoms with van der Waals surface area (Å²) in [5, 5.41) is 13.5. The second kappa shape index (κ2) is 6.17. The highest BCUT2D eigenvalue weighted by Crippen LogP contribution is 2.41. The highest BCUT2D eigenvalue weighted by molar-refractivity contribution is 9.10. The summed E-state index contributed by atoms with van der Waals surface area (Å²) in [7, 11) is 0. The summed E-state index contributed by atoms with van der Waals surface area (Å²) in [6, 6.07) is 7.61. The van der Waals surface area contributed by atoms with E-state index in [4.69, 9.17) is 0 Å². The van der Waals surface area contributed by atoms with Crippen LogP contribution in [0.1, 0.15) is 29.2 Å². The van der Waals surface area contributed by atoms with Gasteiger partial charge in [-0.05, 0) is 30.7 Å². The number of hydrogen-bond donors (Lipinski definition) is 2. The fraction of sp³-hybridized carbons (Fsp3) is 0.176. The molecule has 4 rings (SSSR count). The Morgan fingerprint density at radius 3 is 2.77 bits per heavy atom.